The van der Waals surface area contributed by atoms with Gasteiger partial charge in [-0.25, -0.2) is 14.8 Å². The first-order chi connectivity index (χ1) is 10.0. The van der Waals surface area contributed by atoms with Gasteiger partial charge in [0.05, 0.1) is 12.0 Å². The number of anilines is 2. The highest BCUT2D eigenvalue weighted by Crippen LogP contribution is 2.30. The first-order valence-corrected chi connectivity index (χ1v) is 6.01. The Labute approximate surface area is 123 Å². The van der Waals surface area contributed by atoms with Crippen LogP contribution in [0.15, 0.2) is 30.6 Å². The van der Waals surface area contributed by atoms with Crippen LogP contribution in [-0.2, 0) is 4.74 Å². The first-order valence-electron chi connectivity index (χ1n) is 5.63. The maximum atomic E-state index is 11.6. The number of nitrogens with zero attached hydrogens (tertiary/aromatic N) is 3. The summed E-state index contributed by atoms with van der Waals surface area (Å²) >= 11 is 5.73. The number of rotatable bonds is 4. The lowest BCUT2D eigenvalue weighted by Crippen LogP contribution is -2.10. The average Bonchev–Trinajstić information content (AvgIpc) is 2.48. The molecule has 0 saturated heterocycles. The highest BCUT2D eigenvalue weighted by atomic mass is 35.5. The van der Waals surface area contributed by atoms with Crippen LogP contribution in [0.4, 0.5) is 17.2 Å². The van der Waals surface area contributed by atoms with Crippen LogP contribution < -0.4 is 5.32 Å². The Morgan fingerprint density at radius 3 is 2.76 bits per heavy atom. The second-order valence-electron chi connectivity index (χ2n) is 3.79. The number of aromatic nitrogens is 2. The lowest BCUT2D eigenvalue weighted by molar-refractivity contribution is -0.383. The monoisotopic (exact) mass is 308 g/mol. The molecule has 0 aliphatic heterocycles. The molecule has 0 atom stereocenters. The first kappa shape index (κ1) is 14.7. The van der Waals surface area contributed by atoms with Gasteiger partial charge in [-0.05, 0) is 12.1 Å². The SMILES string of the molecule is COC(=O)c1nccnc1Nc1ccc(Cl)cc1[N+](=O)[O-]. The summed E-state index contributed by atoms with van der Waals surface area (Å²) in [6.45, 7) is 0. The van der Waals surface area contributed by atoms with Crippen molar-refractivity contribution in [3.63, 3.8) is 0 Å². The van der Waals surface area contributed by atoms with Crippen LogP contribution in [0.3, 0.4) is 0 Å². The van der Waals surface area contributed by atoms with E-state index in [2.05, 4.69) is 20.0 Å². The number of carbonyl (C=O) groups excluding carboxylic acids is 1. The molecule has 21 heavy (non-hydrogen) atoms. The molecule has 1 N–H and O–H groups in total. The molecule has 0 bridgehead atoms. The topological polar surface area (TPSA) is 107 Å². The number of halogens is 1. The Kier molecular flexibility index (Phi) is 4.29. The molecule has 0 saturated carbocycles. The van der Waals surface area contributed by atoms with E-state index < -0.39 is 10.9 Å². The van der Waals surface area contributed by atoms with Crippen LogP contribution in [0.1, 0.15) is 10.5 Å². The number of methoxy groups -OCH3 is 1. The maximum Gasteiger partial charge on any atom is 0.360 e. The summed E-state index contributed by atoms with van der Waals surface area (Å²) in [4.78, 5) is 29.8. The summed E-state index contributed by atoms with van der Waals surface area (Å²) in [5.41, 5.74) is -0.191. The van der Waals surface area contributed by atoms with Crippen LogP contribution >= 0.6 is 11.6 Å². The normalized spacial score (nSPS) is 10.0. The van der Waals surface area contributed by atoms with Crippen LogP contribution in [-0.4, -0.2) is 28.0 Å². The summed E-state index contributed by atoms with van der Waals surface area (Å²) in [6.07, 6.45) is 2.66. The second kappa shape index (κ2) is 6.14. The van der Waals surface area contributed by atoms with Crippen molar-refractivity contribution in [1.29, 1.82) is 0 Å². The third kappa shape index (κ3) is 3.23. The van der Waals surface area contributed by atoms with Gasteiger partial charge in [0.1, 0.15) is 5.69 Å². The Morgan fingerprint density at radius 1 is 1.38 bits per heavy atom. The van der Waals surface area contributed by atoms with Crippen molar-refractivity contribution in [2.75, 3.05) is 12.4 Å². The molecule has 0 radical (unpaired) electrons. The highest BCUT2D eigenvalue weighted by Gasteiger charge is 2.19. The van der Waals surface area contributed by atoms with Gasteiger partial charge in [0.25, 0.3) is 5.69 Å². The molecule has 108 valence electrons. The van der Waals surface area contributed by atoms with Crippen LogP contribution in [0.25, 0.3) is 0 Å². The van der Waals surface area contributed by atoms with E-state index in [1.54, 1.807) is 0 Å². The second-order valence-corrected chi connectivity index (χ2v) is 4.23. The van der Waals surface area contributed by atoms with Crippen molar-refractivity contribution in [2.24, 2.45) is 0 Å². The molecule has 8 nitrogen and oxygen atoms in total. The fourth-order valence-corrected chi connectivity index (χ4v) is 1.73. The van der Waals surface area contributed by atoms with E-state index in [-0.39, 0.29) is 27.9 Å². The Bertz CT molecular complexity index is 707. The van der Waals surface area contributed by atoms with Crippen molar-refractivity contribution in [3.05, 3.63) is 51.4 Å². The Balaban J connectivity index is 2.44. The van der Waals surface area contributed by atoms with Gasteiger partial charge in [0.2, 0.25) is 0 Å². The minimum Gasteiger partial charge on any atom is -0.464 e. The van der Waals surface area contributed by atoms with E-state index in [0.717, 1.165) is 0 Å². The molecule has 2 rings (SSSR count). The minimum absolute atomic E-state index is 0.0507. The Hall–Kier alpha value is -2.74. The third-order valence-corrected chi connectivity index (χ3v) is 2.72. The zero-order valence-corrected chi connectivity index (χ0v) is 11.5. The summed E-state index contributed by atoms with van der Waals surface area (Å²) in [5.74, 6) is -0.656. The predicted octanol–water partition coefficient (Wildman–Crippen LogP) is 2.57. The number of benzene rings is 1. The number of nitro benzene ring substituents is 1. The molecule has 1 aromatic heterocycles. The summed E-state index contributed by atoms with van der Waals surface area (Å²) in [6, 6.07) is 4.08. The number of ether oxygens (including phenoxy) is 1. The lowest BCUT2D eigenvalue weighted by atomic mass is 10.2. The number of nitro groups is 1. The number of nitrogens with one attached hydrogen (secondary N) is 1. The summed E-state index contributed by atoms with van der Waals surface area (Å²) in [7, 11) is 1.20. The number of esters is 1. The number of carbonyl (C=O) groups is 1. The standard InChI is InChI=1S/C12H9ClN4O4/c1-21-12(18)10-11(15-5-4-14-10)16-8-3-2-7(13)6-9(8)17(19)20/h2-6H,1H3,(H,15,16). The summed E-state index contributed by atoms with van der Waals surface area (Å²) < 4.78 is 4.58. The molecule has 1 aromatic carbocycles. The van der Waals surface area contributed by atoms with Crippen LogP contribution in [0.5, 0.6) is 0 Å². The van der Waals surface area contributed by atoms with Crippen molar-refractivity contribution < 1.29 is 14.5 Å². The van der Waals surface area contributed by atoms with Crippen molar-refractivity contribution in [2.45, 2.75) is 0 Å². The minimum atomic E-state index is -0.706. The zero-order valence-electron chi connectivity index (χ0n) is 10.7. The van der Waals surface area contributed by atoms with E-state index in [9.17, 15) is 14.9 Å². The van der Waals surface area contributed by atoms with Gasteiger partial charge in [-0.1, -0.05) is 11.6 Å². The van der Waals surface area contributed by atoms with Crippen LogP contribution in [0, 0.1) is 10.1 Å². The molecular weight excluding hydrogens is 300 g/mol. The van der Waals surface area contributed by atoms with Crippen molar-refractivity contribution in [1.82, 2.24) is 9.97 Å². The van der Waals surface area contributed by atoms with Gasteiger partial charge < -0.3 is 10.1 Å². The molecule has 0 spiro atoms. The molecule has 0 unspecified atom stereocenters. The van der Waals surface area contributed by atoms with E-state index in [0.29, 0.717) is 0 Å². The average molecular weight is 309 g/mol. The van der Waals surface area contributed by atoms with Gasteiger partial charge in [-0.2, -0.15) is 0 Å². The van der Waals surface area contributed by atoms with E-state index in [1.807, 2.05) is 0 Å². The largest absolute Gasteiger partial charge is 0.464 e. The molecule has 0 fully saturated rings. The molecule has 2 aromatic rings. The molecule has 1 heterocycles. The molecule has 0 aliphatic rings. The Morgan fingerprint density at radius 2 is 2.10 bits per heavy atom. The van der Waals surface area contributed by atoms with E-state index >= 15 is 0 Å². The lowest BCUT2D eigenvalue weighted by Gasteiger charge is -2.09. The van der Waals surface area contributed by atoms with Crippen molar-refractivity contribution >= 4 is 34.8 Å². The van der Waals surface area contributed by atoms with E-state index in [4.69, 9.17) is 11.6 Å². The quantitative estimate of drug-likeness (QED) is 0.525. The van der Waals surface area contributed by atoms with Gasteiger partial charge in [-0.15, -0.1) is 0 Å². The third-order valence-electron chi connectivity index (χ3n) is 2.49. The molecule has 0 aliphatic carbocycles. The van der Waals surface area contributed by atoms with Gasteiger partial charge >= 0.3 is 5.97 Å². The van der Waals surface area contributed by atoms with Gasteiger partial charge in [-0.3, -0.25) is 10.1 Å². The van der Waals surface area contributed by atoms with Gasteiger partial charge in [0, 0.05) is 23.5 Å². The zero-order chi connectivity index (χ0) is 15.4. The highest BCUT2D eigenvalue weighted by molar-refractivity contribution is 6.30. The number of hydrogen-bond acceptors (Lipinski definition) is 7. The maximum absolute atomic E-state index is 11.6. The molecular formula is C12H9ClN4O4. The predicted molar refractivity (Wildman–Crippen MR) is 74.8 cm³/mol. The van der Waals surface area contributed by atoms with E-state index in [1.165, 1.54) is 37.7 Å². The van der Waals surface area contributed by atoms with Crippen molar-refractivity contribution in [3.8, 4) is 0 Å². The van der Waals surface area contributed by atoms with Crippen LogP contribution in [0.2, 0.25) is 5.02 Å². The number of hydrogen-bond donors (Lipinski definition) is 1. The molecule has 9 heteroatoms. The fraction of sp³-hybridized carbons (Fsp3) is 0.0833. The molecule has 0 amide bonds. The van der Waals surface area contributed by atoms with Gasteiger partial charge in [0.15, 0.2) is 11.5 Å². The summed E-state index contributed by atoms with van der Waals surface area (Å²) in [5, 5.41) is 13.9. The fourth-order valence-electron chi connectivity index (χ4n) is 1.56. The smallest absolute Gasteiger partial charge is 0.360 e.